The first-order valence-corrected chi connectivity index (χ1v) is 8.13. The highest BCUT2D eigenvalue weighted by atomic mass is 19.4. The molecule has 9 heteroatoms. The number of alkyl halides is 3. The van der Waals surface area contributed by atoms with Gasteiger partial charge in [-0.25, -0.2) is 4.79 Å². The smallest absolute Gasteiger partial charge is 0.416 e. The zero-order valence-electron chi connectivity index (χ0n) is 15.0. The lowest BCUT2D eigenvalue weighted by atomic mass is 10.2. The molecule has 0 radical (unpaired) electrons. The largest absolute Gasteiger partial charge is 0.449 e. The van der Waals surface area contributed by atoms with Crippen molar-refractivity contribution in [2.24, 2.45) is 0 Å². The van der Waals surface area contributed by atoms with E-state index in [4.69, 9.17) is 4.74 Å². The number of carbonyl (C=O) groups excluding carboxylic acids is 3. The molecule has 0 bridgehead atoms. The molecular formula is C19H17F3N2O4. The third kappa shape index (κ3) is 5.83. The minimum absolute atomic E-state index is 0.125. The highest BCUT2D eigenvalue weighted by Gasteiger charge is 2.30. The summed E-state index contributed by atoms with van der Waals surface area (Å²) in [5.41, 5.74) is -0.193. The first kappa shape index (κ1) is 20.9. The zero-order chi connectivity index (χ0) is 20.9. The Kier molecular flexibility index (Phi) is 6.40. The van der Waals surface area contributed by atoms with E-state index in [0.717, 1.165) is 24.3 Å². The molecular weight excluding hydrogens is 377 g/mol. The maximum absolute atomic E-state index is 12.5. The van der Waals surface area contributed by atoms with E-state index in [1.165, 1.54) is 32.0 Å². The summed E-state index contributed by atoms with van der Waals surface area (Å²) in [4.78, 5) is 35.3. The van der Waals surface area contributed by atoms with Crippen LogP contribution in [0.2, 0.25) is 0 Å². The van der Waals surface area contributed by atoms with Gasteiger partial charge in [-0.2, -0.15) is 13.2 Å². The number of nitrogens with one attached hydrogen (secondary N) is 2. The molecule has 6 nitrogen and oxygen atoms in total. The minimum Gasteiger partial charge on any atom is -0.449 e. The first-order chi connectivity index (χ1) is 13.1. The normalized spacial score (nSPS) is 12.0. The number of esters is 1. The fraction of sp³-hybridized carbons (Fsp3) is 0.211. The van der Waals surface area contributed by atoms with Crippen LogP contribution in [0.3, 0.4) is 0 Å². The molecule has 0 fully saturated rings. The minimum atomic E-state index is -4.48. The SMILES string of the molecule is CC(=O)Nc1cccc(C(=O)O[C@H](C)C(=O)Nc2ccc(C(F)(F)F)cc2)c1. The number of halogens is 3. The van der Waals surface area contributed by atoms with E-state index in [1.54, 1.807) is 6.07 Å². The van der Waals surface area contributed by atoms with Gasteiger partial charge >= 0.3 is 12.1 Å². The Hall–Kier alpha value is -3.36. The molecule has 0 saturated carbocycles. The van der Waals surface area contributed by atoms with Crippen molar-refractivity contribution in [3.8, 4) is 0 Å². The number of anilines is 2. The third-order valence-corrected chi connectivity index (χ3v) is 3.55. The van der Waals surface area contributed by atoms with Crippen molar-refractivity contribution in [2.75, 3.05) is 10.6 Å². The van der Waals surface area contributed by atoms with Crippen LogP contribution in [0, 0.1) is 0 Å². The molecule has 0 aliphatic heterocycles. The highest BCUT2D eigenvalue weighted by Crippen LogP contribution is 2.29. The van der Waals surface area contributed by atoms with Crippen LogP contribution in [0.1, 0.15) is 29.8 Å². The van der Waals surface area contributed by atoms with Crippen LogP contribution in [-0.2, 0) is 20.5 Å². The van der Waals surface area contributed by atoms with Crippen molar-refractivity contribution in [1.82, 2.24) is 0 Å². The molecule has 0 heterocycles. The van der Waals surface area contributed by atoms with Crippen LogP contribution in [0.4, 0.5) is 24.5 Å². The van der Waals surface area contributed by atoms with Gasteiger partial charge in [0.25, 0.3) is 5.91 Å². The van der Waals surface area contributed by atoms with Gasteiger partial charge in [-0.3, -0.25) is 9.59 Å². The van der Waals surface area contributed by atoms with Crippen molar-refractivity contribution in [2.45, 2.75) is 26.1 Å². The number of rotatable bonds is 5. The van der Waals surface area contributed by atoms with Crippen LogP contribution in [-0.4, -0.2) is 23.9 Å². The quantitative estimate of drug-likeness (QED) is 0.755. The second kappa shape index (κ2) is 8.55. The lowest BCUT2D eigenvalue weighted by molar-refractivity contribution is -0.137. The lowest BCUT2D eigenvalue weighted by Crippen LogP contribution is -2.30. The number of amides is 2. The topological polar surface area (TPSA) is 84.5 Å². The van der Waals surface area contributed by atoms with Gasteiger partial charge in [0, 0.05) is 18.3 Å². The van der Waals surface area contributed by atoms with Gasteiger partial charge < -0.3 is 15.4 Å². The Bertz CT molecular complexity index is 879. The first-order valence-electron chi connectivity index (χ1n) is 8.13. The van der Waals surface area contributed by atoms with Gasteiger partial charge in [-0.1, -0.05) is 6.07 Å². The van der Waals surface area contributed by atoms with Gasteiger partial charge in [0.2, 0.25) is 5.91 Å². The number of ether oxygens (including phenoxy) is 1. The Morgan fingerprint density at radius 2 is 1.61 bits per heavy atom. The van der Waals surface area contributed by atoms with Crippen LogP contribution < -0.4 is 10.6 Å². The molecule has 0 saturated heterocycles. The van der Waals surface area contributed by atoms with Gasteiger partial charge in [0.05, 0.1) is 11.1 Å². The standard InChI is InChI=1S/C19H17F3N2O4/c1-11(17(26)24-15-8-6-14(7-9-15)19(20,21)22)28-18(27)13-4-3-5-16(10-13)23-12(2)25/h3-11H,1-2H3,(H,23,25)(H,24,26)/t11-/m1/s1. The number of benzene rings is 2. The monoisotopic (exact) mass is 394 g/mol. The van der Waals surface area contributed by atoms with Crippen LogP contribution in [0.15, 0.2) is 48.5 Å². The molecule has 2 amide bonds. The average Bonchev–Trinajstić information content (AvgIpc) is 2.61. The summed E-state index contributed by atoms with van der Waals surface area (Å²) in [7, 11) is 0. The Balaban J connectivity index is 1.98. The highest BCUT2D eigenvalue weighted by molar-refractivity contribution is 5.98. The predicted octanol–water partition coefficient (Wildman–Crippen LogP) is 3.85. The summed E-state index contributed by atoms with van der Waals surface area (Å²) in [6.07, 6.45) is -5.67. The third-order valence-electron chi connectivity index (χ3n) is 3.55. The molecule has 0 spiro atoms. The molecule has 0 aliphatic carbocycles. The maximum Gasteiger partial charge on any atom is 0.416 e. The van der Waals surface area contributed by atoms with E-state index >= 15 is 0 Å². The van der Waals surface area contributed by atoms with E-state index < -0.39 is 29.7 Å². The zero-order valence-corrected chi connectivity index (χ0v) is 15.0. The van der Waals surface area contributed by atoms with E-state index in [9.17, 15) is 27.6 Å². The van der Waals surface area contributed by atoms with Crippen molar-refractivity contribution >= 4 is 29.2 Å². The van der Waals surface area contributed by atoms with Gasteiger partial charge in [-0.15, -0.1) is 0 Å². The van der Waals surface area contributed by atoms with Crippen LogP contribution in [0.25, 0.3) is 0 Å². The summed E-state index contributed by atoms with van der Waals surface area (Å²) < 4.78 is 42.7. The van der Waals surface area contributed by atoms with E-state index in [2.05, 4.69) is 10.6 Å². The molecule has 148 valence electrons. The van der Waals surface area contributed by atoms with Crippen LogP contribution in [0.5, 0.6) is 0 Å². The summed E-state index contributed by atoms with van der Waals surface area (Å²) >= 11 is 0. The maximum atomic E-state index is 12.5. The fourth-order valence-corrected chi connectivity index (χ4v) is 2.20. The van der Waals surface area contributed by atoms with Crippen molar-refractivity contribution < 1.29 is 32.3 Å². The molecule has 28 heavy (non-hydrogen) atoms. The molecule has 1 atom stereocenters. The second-order valence-electron chi connectivity index (χ2n) is 5.87. The fourth-order valence-electron chi connectivity index (χ4n) is 2.20. The summed E-state index contributed by atoms with van der Waals surface area (Å²) in [5, 5.41) is 4.89. The number of hydrogen-bond acceptors (Lipinski definition) is 4. The predicted molar refractivity (Wildman–Crippen MR) is 95.7 cm³/mol. The van der Waals surface area contributed by atoms with Crippen molar-refractivity contribution in [3.63, 3.8) is 0 Å². The van der Waals surface area contributed by atoms with E-state index in [1.807, 2.05) is 0 Å². The van der Waals surface area contributed by atoms with Crippen molar-refractivity contribution in [3.05, 3.63) is 59.7 Å². The number of carbonyl (C=O) groups is 3. The van der Waals surface area contributed by atoms with Gasteiger partial charge in [0.1, 0.15) is 0 Å². The van der Waals surface area contributed by atoms with Gasteiger partial charge in [0.15, 0.2) is 6.10 Å². The molecule has 2 aromatic rings. The Morgan fingerprint density at radius 3 is 2.18 bits per heavy atom. The average molecular weight is 394 g/mol. The van der Waals surface area contributed by atoms with Crippen molar-refractivity contribution in [1.29, 1.82) is 0 Å². The lowest BCUT2D eigenvalue weighted by Gasteiger charge is -2.14. The second-order valence-corrected chi connectivity index (χ2v) is 5.87. The van der Waals surface area contributed by atoms with Gasteiger partial charge in [-0.05, 0) is 49.4 Å². The molecule has 2 aromatic carbocycles. The molecule has 0 aliphatic rings. The molecule has 2 rings (SSSR count). The number of hydrogen-bond donors (Lipinski definition) is 2. The Labute approximate surface area is 158 Å². The van der Waals surface area contributed by atoms with E-state index in [-0.39, 0.29) is 17.2 Å². The summed E-state index contributed by atoms with van der Waals surface area (Å²) in [5.74, 6) is -1.80. The molecule has 0 aromatic heterocycles. The summed E-state index contributed by atoms with van der Waals surface area (Å²) in [6.45, 7) is 2.65. The van der Waals surface area contributed by atoms with Crippen LogP contribution >= 0.6 is 0 Å². The molecule has 0 unspecified atom stereocenters. The Morgan fingerprint density at radius 1 is 0.964 bits per heavy atom. The summed E-state index contributed by atoms with van der Waals surface area (Å²) in [6, 6.07) is 9.84. The van der Waals surface area contributed by atoms with E-state index in [0.29, 0.717) is 5.69 Å². The molecule has 2 N–H and O–H groups in total.